The molecule has 3 aromatic carbocycles. The van der Waals surface area contributed by atoms with E-state index in [4.69, 9.17) is 41.8 Å². The molecule has 54 heavy (non-hydrogen) atoms. The average molecular weight is 800 g/mol. The second-order valence-corrected chi connectivity index (χ2v) is 21.7. The number of nitrogens with zero attached hydrogens (tertiary/aromatic N) is 2. The van der Waals surface area contributed by atoms with Crippen molar-refractivity contribution < 1.29 is 33.3 Å². The van der Waals surface area contributed by atoms with Gasteiger partial charge in [-0.2, -0.15) is 0 Å². The molecule has 1 aliphatic carbocycles. The summed E-state index contributed by atoms with van der Waals surface area (Å²) in [7, 11) is -0.404. The molecule has 0 spiro atoms. The van der Waals surface area contributed by atoms with Gasteiger partial charge in [-0.15, -0.1) is 0 Å². The standard InChI is InChI=1S/C42H56Cl2N2O7Si/c1-28-21-37(43)39(38(44)22-28)52-20-19-51-33-14-10-31(11-15-33)35-16-17-45(41(48)49)27-36(35)40(47)46(32-12-13-32)26-30-23-29(9-8-18-50-5)24-34(25-30)53-54(6,7)42(2,3)4/h10-11,14-15,21-25,32,35-36H,8-9,12-13,16-20,26-27H2,1-7H3,(H,48,49)/t35-,36+/m1/s1. The van der Waals surface area contributed by atoms with Gasteiger partial charge >= 0.3 is 6.09 Å². The van der Waals surface area contributed by atoms with E-state index < -0.39 is 20.3 Å². The van der Waals surface area contributed by atoms with Crippen LogP contribution in [-0.2, 0) is 22.5 Å². The second kappa shape index (κ2) is 18.0. The van der Waals surface area contributed by atoms with Crippen LogP contribution in [0.4, 0.5) is 4.79 Å². The van der Waals surface area contributed by atoms with Gasteiger partial charge in [0.25, 0.3) is 0 Å². The van der Waals surface area contributed by atoms with E-state index in [1.54, 1.807) is 19.2 Å². The summed E-state index contributed by atoms with van der Waals surface area (Å²) in [6, 6.07) is 17.9. The monoisotopic (exact) mass is 798 g/mol. The maximum atomic E-state index is 14.7. The zero-order valence-corrected chi connectivity index (χ0v) is 35.3. The quantitative estimate of drug-likeness (QED) is 0.114. The molecule has 0 unspecified atom stereocenters. The van der Waals surface area contributed by atoms with Crippen molar-refractivity contribution in [2.24, 2.45) is 5.92 Å². The molecule has 0 bridgehead atoms. The Balaban J connectivity index is 1.32. The molecule has 0 aromatic heterocycles. The number of carbonyl (C=O) groups excluding carboxylic acids is 1. The Morgan fingerprint density at radius 2 is 1.56 bits per heavy atom. The first-order chi connectivity index (χ1) is 25.6. The molecule has 5 rings (SSSR count). The Bertz CT molecular complexity index is 1740. The minimum atomic E-state index is -2.12. The number of carbonyl (C=O) groups is 2. The maximum Gasteiger partial charge on any atom is 0.407 e. The third-order valence-corrected chi connectivity index (χ3v) is 15.8. The van der Waals surface area contributed by atoms with Crippen LogP contribution in [0.1, 0.15) is 74.6 Å². The molecule has 2 atom stereocenters. The van der Waals surface area contributed by atoms with Crippen molar-refractivity contribution in [1.82, 2.24) is 9.80 Å². The van der Waals surface area contributed by atoms with Crippen LogP contribution in [0.5, 0.6) is 17.2 Å². The molecule has 1 saturated heterocycles. The first kappa shape index (κ1) is 41.7. The highest BCUT2D eigenvalue weighted by atomic mass is 35.5. The summed E-state index contributed by atoms with van der Waals surface area (Å²) in [6.07, 6.45) is 3.14. The molecule has 1 N–H and O–H groups in total. The molecule has 9 nitrogen and oxygen atoms in total. The number of hydrogen-bond donors (Lipinski definition) is 1. The number of halogens is 2. The molecule has 0 radical (unpaired) electrons. The third-order valence-electron chi connectivity index (χ3n) is 10.9. The van der Waals surface area contributed by atoms with Crippen LogP contribution in [0.25, 0.3) is 0 Å². The number of rotatable bonds is 16. The summed E-state index contributed by atoms with van der Waals surface area (Å²) in [5.41, 5.74) is 4.12. The van der Waals surface area contributed by atoms with Gasteiger partial charge in [0.15, 0.2) is 5.75 Å². The van der Waals surface area contributed by atoms with Crippen molar-refractivity contribution in [3.8, 4) is 17.2 Å². The molecular weight excluding hydrogens is 743 g/mol. The van der Waals surface area contributed by atoms with Crippen molar-refractivity contribution in [2.45, 2.75) is 96.4 Å². The van der Waals surface area contributed by atoms with Crippen LogP contribution in [0.15, 0.2) is 54.6 Å². The third kappa shape index (κ3) is 10.9. The predicted octanol–water partition coefficient (Wildman–Crippen LogP) is 10.00. The summed E-state index contributed by atoms with van der Waals surface area (Å²) >= 11 is 12.6. The molecule has 3 aromatic rings. The van der Waals surface area contributed by atoms with Gasteiger partial charge in [0.05, 0.1) is 16.0 Å². The molecular formula is C42H56Cl2N2O7Si. The normalized spacial score (nSPS) is 17.6. The Morgan fingerprint density at radius 3 is 2.17 bits per heavy atom. The van der Waals surface area contributed by atoms with Gasteiger partial charge in [0.2, 0.25) is 14.2 Å². The summed E-state index contributed by atoms with van der Waals surface area (Å²) < 4.78 is 23.9. The van der Waals surface area contributed by atoms with Crippen molar-refractivity contribution >= 4 is 43.5 Å². The van der Waals surface area contributed by atoms with Crippen molar-refractivity contribution in [1.29, 1.82) is 0 Å². The fourth-order valence-electron chi connectivity index (χ4n) is 6.79. The Hall–Kier alpha value is -3.44. The number of benzene rings is 3. The largest absolute Gasteiger partial charge is 0.543 e. The lowest BCUT2D eigenvalue weighted by Crippen LogP contribution is -2.49. The van der Waals surface area contributed by atoms with Gasteiger partial charge in [0, 0.05) is 39.4 Å². The van der Waals surface area contributed by atoms with Crippen LogP contribution >= 0.6 is 23.2 Å². The molecule has 1 saturated carbocycles. The van der Waals surface area contributed by atoms with Crippen molar-refractivity contribution in [3.63, 3.8) is 0 Å². The smallest absolute Gasteiger partial charge is 0.407 e. The van der Waals surface area contributed by atoms with Gasteiger partial charge in [0.1, 0.15) is 24.7 Å². The predicted molar refractivity (Wildman–Crippen MR) is 217 cm³/mol. The molecule has 1 aliphatic heterocycles. The van der Waals surface area contributed by atoms with Crippen LogP contribution in [0.3, 0.4) is 0 Å². The maximum absolute atomic E-state index is 14.7. The van der Waals surface area contributed by atoms with Crippen LogP contribution in [0.2, 0.25) is 28.2 Å². The number of ether oxygens (including phenoxy) is 3. The number of aryl methyl sites for hydroxylation is 2. The van der Waals surface area contributed by atoms with E-state index >= 15 is 0 Å². The van der Waals surface area contributed by atoms with Gasteiger partial charge in [-0.25, -0.2) is 4.79 Å². The van der Waals surface area contributed by atoms with E-state index in [1.807, 2.05) is 36.1 Å². The number of methoxy groups -OCH3 is 1. The van der Waals surface area contributed by atoms with Gasteiger partial charge < -0.3 is 33.5 Å². The van der Waals surface area contributed by atoms with Crippen LogP contribution in [0, 0.1) is 12.8 Å². The Kier molecular flexibility index (Phi) is 13.9. The van der Waals surface area contributed by atoms with Gasteiger partial charge in [-0.3, -0.25) is 4.79 Å². The van der Waals surface area contributed by atoms with E-state index in [0.29, 0.717) is 47.7 Å². The van der Waals surface area contributed by atoms with E-state index in [9.17, 15) is 14.7 Å². The number of likely N-dealkylation sites (tertiary alicyclic amines) is 1. The van der Waals surface area contributed by atoms with E-state index in [1.165, 1.54) is 4.90 Å². The van der Waals surface area contributed by atoms with Crippen LogP contribution in [-0.4, -0.2) is 81.3 Å². The molecule has 12 heteroatoms. The summed E-state index contributed by atoms with van der Waals surface area (Å²) in [6.45, 7) is 15.3. The number of amides is 2. The summed E-state index contributed by atoms with van der Waals surface area (Å²) in [4.78, 5) is 30.3. The SMILES string of the molecule is COCCCc1cc(CN(C(=O)[C@H]2CN(C(=O)O)CC[C@@H]2c2ccc(OCCOc3c(Cl)cc(C)cc3Cl)cc2)C2CC2)cc(O[Si](C)(C)C(C)(C)C)c1. The highest BCUT2D eigenvalue weighted by Crippen LogP contribution is 2.41. The topological polar surface area (TPSA) is 97.8 Å². The van der Waals surface area contributed by atoms with Gasteiger partial charge in [-0.1, -0.05) is 62.2 Å². The van der Waals surface area contributed by atoms with Crippen molar-refractivity contribution in [3.05, 3.63) is 86.9 Å². The lowest BCUT2D eigenvalue weighted by Gasteiger charge is -2.39. The van der Waals surface area contributed by atoms with Crippen molar-refractivity contribution in [2.75, 3.05) is 40.0 Å². The Morgan fingerprint density at radius 1 is 0.907 bits per heavy atom. The van der Waals surface area contributed by atoms with Gasteiger partial charge in [-0.05, 0) is 122 Å². The Labute approximate surface area is 331 Å². The number of carboxylic acid groups (broad SMARTS) is 1. The zero-order chi connectivity index (χ0) is 39.2. The number of hydrogen-bond acceptors (Lipinski definition) is 6. The highest BCUT2D eigenvalue weighted by molar-refractivity contribution is 6.74. The molecule has 2 aliphatic rings. The van der Waals surface area contributed by atoms with Crippen LogP contribution < -0.4 is 13.9 Å². The second-order valence-electron chi connectivity index (χ2n) is 16.2. The minimum Gasteiger partial charge on any atom is -0.543 e. The zero-order valence-electron chi connectivity index (χ0n) is 32.8. The molecule has 294 valence electrons. The highest BCUT2D eigenvalue weighted by Gasteiger charge is 2.43. The number of piperidine rings is 1. The van der Waals surface area contributed by atoms with E-state index in [0.717, 1.165) is 53.7 Å². The summed E-state index contributed by atoms with van der Waals surface area (Å²) in [5, 5.41) is 10.9. The molecule has 1 heterocycles. The lowest BCUT2D eigenvalue weighted by molar-refractivity contribution is -0.139. The lowest BCUT2D eigenvalue weighted by atomic mass is 9.79. The summed E-state index contributed by atoms with van der Waals surface area (Å²) in [5.74, 6) is 1.27. The van der Waals surface area contributed by atoms with E-state index in [-0.39, 0.29) is 42.7 Å². The average Bonchev–Trinajstić information content (AvgIpc) is 3.95. The first-order valence-electron chi connectivity index (χ1n) is 19.0. The van der Waals surface area contributed by atoms with E-state index in [2.05, 4.69) is 52.1 Å². The fraction of sp³-hybridized carbons (Fsp3) is 0.524. The minimum absolute atomic E-state index is 0.00370. The molecule has 2 amide bonds. The fourth-order valence-corrected chi connectivity index (χ4v) is 8.51. The molecule has 2 fully saturated rings. The first-order valence-corrected chi connectivity index (χ1v) is 22.6.